The van der Waals surface area contributed by atoms with Crippen molar-refractivity contribution < 1.29 is 19.0 Å². The van der Waals surface area contributed by atoms with E-state index in [9.17, 15) is 14.3 Å². The fraction of sp³-hybridized carbons (Fsp3) is 0.294. The molecule has 0 aliphatic heterocycles. The third-order valence-electron chi connectivity index (χ3n) is 4.47. The van der Waals surface area contributed by atoms with E-state index in [4.69, 9.17) is 4.74 Å². The first kappa shape index (κ1) is 16.2. The molecule has 1 aliphatic carbocycles. The number of aryl methyl sites for hydroxylation is 1. The van der Waals surface area contributed by atoms with Crippen molar-refractivity contribution in [2.24, 2.45) is 13.0 Å². The molecule has 1 amide bonds. The summed E-state index contributed by atoms with van der Waals surface area (Å²) in [6.45, 7) is 0. The number of halogens is 1. The highest BCUT2D eigenvalue weighted by atomic mass is 19.1. The molecule has 3 heterocycles. The molecule has 3 aromatic rings. The van der Waals surface area contributed by atoms with Crippen LogP contribution in [0.4, 0.5) is 10.2 Å². The van der Waals surface area contributed by atoms with Gasteiger partial charge >= 0.3 is 0 Å². The van der Waals surface area contributed by atoms with Crippen LogP contribution in [0.2, 0.25) is 0 Å². The van der Waals surface area contributed by atoms with E-state index in [1.807, 2.05) is 10.6 Å². The summed E-state index contributed by atoms with van der Waals surface area (Å²) < 4.78 is 20.0. The minimum absolute atomic E-state index is 0.202. The van der Waals surface area contributed by atoms with E-state index in [0.717, 1.165) is 10.9 Å². The van der Waals surface area contributed by atoms with Gasteiger partial charge in [0.15, 0.2) is 0 Å². The molecular weight excluding hydrogens is 341 g/mol. The summed E-state index contributed by atoms with van der Waals surface area (Å²) in [6.07, 6.45) is 2.01. The van der Waals surface area contributed by atoms with E-state index >= 15 is 0 Å². The highest BCUT2D eigenvalue weighted by Gasteiger charge is 2.43. The maximum atomic E-state index is 13.0. The Hall–Kier alpha value is -3.23. The van der Waals surface area contributed by atoms with Crippen molar-refractivity contribution in [3.05, 3.63) is 24.7 Å². The number of hydrogen-bond donors (Lipinski definition) is 2. The Bertz CT molecular complexity index is 1020. The van der Waals surface area contributed by atoms with Crippen LogP contribution in [0.5, 0.6) is 11.8 Å². The number of methoxy groups -OCH3 is 1. The first-order valence-electron chi connectivity index (χ1n) is 7.98. The summed E-state index contributed by atoms with van der Waals surface area (Å²) in [6, 6.07) is 3.50. The number of pyridine rings is 1. The number of hydrogen-bond acceptors (Lipinski definition) is 6. The van der Waals surface area contributed by atoms with Gasteiger partial charge in [0, 0.05) is 12.4 Å². The minimum atomic E-state index is -1.06. The highest BCUT2D eigenvalue weighted by molar-refractivity contribution is 5.96. The van der Waals surface area contributed by atoms with E-state index in [-0.39, 0.29) is 24.1 Å². The molecule has 9 heteroatoms. The maximum absolute atomic E-state index is 13.0. The number of anilines is 1. The molecule has 0 spiro atoms. The van der Waals surface area contributed by atoms with Gasteiger partial charge in [0.05, 0.1) is 30.4 Å². The van der Waals surface area contributed by atoms with Crippen LogP contribution in [-0.4, -0.2) is 43.8 Å². The molecule has 3 aromatic heterocycles. The van der Waals surface area contributed by atoms with Crippen molar-refractivity contribution >= 4 is 22.6 Å². The number of ether oxygens (including phenoxy) is 1. The van der Waals surface area contributed by atoms with Crippen molar-refractivity contribution in [1.82, 2.24) is 19.5 Å². The third-order valence-corrected chi connectivity index (χ3v) is 4.47. The number of nitrogens with zero attached hydrogens (tertiary/aromatic N) is 4. The zero-order valence-corrected chi connectivity index (χ0v) is 14.1. The summed E-state index contributed by atoms with van der Waals surface area (Å²) in [7, 11) is 3.26. The zero-order valence-electron chi connectivity index (χ0n) is 14.1. The summed E-state index contributed by atoms with van der Waals surface area (Å²) in [5, 5.41) is 13.6. The molecule has 26 heavy (non-hydrogen) atoms. The van der Waals surface area contributed by atoms with E-state index in [0.29, 0.717) is 17.1 Å². The summed E-state index contributed by atoms with van der Waals surface area (Å²) in [4.78, 5) is 23.9. The van der Waals surface area contributed by atoms with E-state index in [1.165, 1.54) is 13.4 Å². The normalized spacial score (nSPS) is 18.7. The number of rotatable bonds is 4. The molecule has 0 bridgehead atoms. The van der Waals surface area contributed by atoms with Crippen LogP contribution in [0, 0.1) is 5.92 Å². The minimum Gasteiger partial charge on any atom is -0.493 e. The number of nitrogens with one attached hydrogen (secondary N) is 1. The smallest absolute Gasteiger partial charge is 0.231 e. The molecule has 4 rings (SSSR count). The fourth-order valence-corrected chi connectivity index (χ4v) is 2.94. The fourth-order valence-electron chi connectivity index (χ4n) is 2.94. The van der Waals surface area contributed by atoms with E-state index < -0.39 is 12.1 Å². The van der Waals surface area contributed by atoms with Crippen LogP contribution in [0.25, 0.3) is 22.2 Å². The lowest BCUT2D eigenvalue weighted by Gasteiger charge is -2.09. The standard InChI is InChI=1S/C17H16FN5O3/c1-23-11(14-16(25)20-7-21-17(14)26-2)3-8-4-13(19-6-12(8)23)22-15(24)9-5-10(9)18/h3-4,6-7,9-10H,5H2,1-2H3,(H,19,22,24)(H,20,21,25)/t9-,10+/m1/s1. The quantitative estimate of drug-likeness (QED) is 0.741. The van der Waals surface area contributed by atoms with Crippen molar-refractivity contribution in [2.75, 3.05) is 12.4 Å². The number of aromatic nitrogens is 4. The van der Waals surface area contributed by atoms with Crippen LogP contribution in [0.3, 0.4) is 0 Å². The van der Waals surface area contributed by atoms with Crippen LogP contribution in [0.1, 0.15) is 6.42 Å². The number of carbonyl (C=O) groups is 1. The van der Waals surface area contributed by atoms with Crippen LogP contribution in [-0.2, 0) is 11.8 Å². The van der Waals surface area contributed by atoms with E-state index in [2.05, 4.69) is 20.3 Å². The highest BCUT2D eigenvalue weighted by Crippen LogP contribution is 2.38. The van der Waals surface area contributed by atoms with Crippen molar-refractivity contribution in [3.63, 3.8) is 0 Å². The second-order valence-corrected chi connectivity index (χ2v) is 6.15. The third kappa shape index (κ3) is 2.61. The molecule has 1 saturated carbocycles. The molecule has 8 nitrogen and oxygen atoms in total. The maximum Gasteiger partial charge on any atom is 0.231 e. The summed E-state index contributed by atoms with van der Waals surface area (Å²) >= 11 is 0. The lowest BCUT2D eigenvalue weighted by Crippen LogP contribution is -2.15. The van der Waals surface area contributed by atoms with Gasteiger partial charge in [-0.3, -0.25) is 4.79 Å². The topological polar surface area (TPSA) is 102 Å². The van der Waals surface area contributed by atoms with Gasteiger partial charge in [0.2, 0.25) is 17.7 Å². The molecular formula is C17H16FN5O3. The van der Waals surface area contributed by atoms with Gasteiger partial charge in [-0.25, -0.2) is 19.3 Å². The van der Waals surface area contributed by atoms with Crippen molar-refractivity contribution in [1.29, 1.82) is 0 Å². The number of carbonyl (C=O) groups excluding carboxylic acids is 1. The molecule has 2 atom stereocenters. The molecule has 134 valence electrons. The lowest BCUT2D eigenvalue weighted by atomic mass is 10.2. The molecule has 0 saturated heterocycles. The van der Waals surface area contributed by atoms with Gasteiger partial charge in [-0.05, 0) is 18.6 Å². The number of alkyl halides is 1. The molecule has 1 aliphatic rings. The molecule has 0 unspecified atom stereocenters. The summed E-state index contributed by atoms with van der Waals surface area (Å²) in [5.41, 5.74) is 1.77. The monoisotopic (exact) mass is 357 g/mol. The van der Waals surface area contributed by atoms with Crippen LogP contribution < -0.4 is 10.1 Å². The Balaban J connectivity index is 1.74. The van der Waals surface area contributed by atoms with Crippen LogP contribution in [0.15, 0.2) is 24.7 Å². The number of fused-ring (bicyclic) bond motifs is 1. The molecule has 0 aromatic carbocycles. The van der Waals surface area contributed by atoms with Gasteiger partial charge in [-0.15, -0.1) is 0 Å². The van der Waals surface area contributed by atoms with Crippen molar-refractivity contribution in [2.45, 2.75) is 12.6 Å². The average Bonchev–Trinajstić information content (AvgIpc) is 3.28. The summed E-state index contributed by atoms with van der Waals surface area (Å²) in [5.74, 6) is -0.559. The van der Waals surface area contributed by atoms with E-state index in [1.54, 1.807) is 19.3 Å². The Morgan fingerprint density at radius 2 is 2.15 bits per heavy atom. The van der Waals surface area contributed by atoms with Gasteiger partial charge in [0.1, 0.15) is 23.9 Å². The Morgan fingerprint density at radius 1 is 1.38 bits per heavy atom. The average molecular weight is 357 g/mol. The largest absolute Gasteiger partial charge is 0.493 e. The van der Waals surface area contributed by atoms with Gasteiger partial charge in [-0.1, -0.05) is 0 Å². The molecule has 2 N–H and O–H groups in total. The SMILES string of the molecule is COc1ncnc(O)c1-c1cc2cc(NC(=O)[C@@H]3C[C@@H]3F)ncc2n1C. The Labute approximate surface area is 147 Å². The van der Waals surface area contributed by atoms with Gasteiger partial charge in [-0.2, -0.15) is 0 Å². The Morgan fingerprint density at radius 3 is 2.85 bits per heavy atom. The molecule has 0 radical (unpaired) electrons. The van der Waals surface area contributed by atoms with Gasteiger partial charge in [0.25, 0.3) is 0 Å². The lowest BCUT2D eigenvalue weighted by molar-refractivity contribution is -0.117. The van der Waals surface area contributed by atoms with Crippen LogP contribution >= 0.6 is 0 Å². The first-order valence-corrected chi connectivity index (χ1v) is 7.98. The first-order chi connectivity index (χ1) is 12.5. The van der Waals surface area contributed by atoms with Gasteiger partial charge < -0.3 is 19.7 Å². The second-order valence-electron chi connectivity index (χ2n) is 6.15. The predicted octanol–water partition coefficient (Wildman–Crippen LogP) is 2.04. The molecule has 1 fully saturated rings. The zero-order chi connectivity index (χ0) is 18.4. The Kier molecular flexibility index (Phi) is 3.71. The number of aromatic hydroxyl groups is 1. The predicted molar refractivity (Wildman–Crippen MR) is 91.6 cm³/mol. The number of amides is 1. The second kappa shape index (κ2) is 5.94. The van der Waals surface area contributed by atoms with Crippen molar-refractivity contribution in [3.8, 4) is 23.0 Å².